The highest BCUT2D eigenvalue weighted by Crippen LogP contribution is 2.40. The SMILES string of the molecule is COC(=O)[C@H](c1ccccc1Cl)N1CCC(SC(C)(C)OC(=O)OC(C)C)/C(=C/C(=O)O)C1. The minimum Gasteiger partial charge on any atom is -0.478 e. The average molecular weight is 500 g/mol. The number of carbonyl (C=O) groups is 3. The van der Waals surface area contributed by atoms with Crippen molar-refractivity contribution in [3.05, 3.63) is 46.5 Å². The van der Waals surface area contributed by atoms with Crippen LogP contribution in [0.5, 0.6) is 0 Å². The summed E-state index contributed by atoms with van der Waals surface area (Å²) in [5, 5.41) is 9.62. The molecule has 1 saturated heterocycles. The molecule has 1 N–H and O–H groups in total. The Labute approximate surface area is 203 Å². The zero-order valence-electron chi connectivity index (χ0n) is 19.4. The summed E-state index contributed by atoms with van der Waals surface area (Å²) >= 11 is 7.68. The number of rotatable bonds is 8. The fourth-order valence-corrected chi connectivity index (χ4v) is 5.16. The molecule has 0 spiro atoms. The number of esters is 1. The molecule has 1 heterocycles. The molecule has 8 nitrogen and oxygen atoms in total. The maximum absolute atomic E-state index is 12.7. The van der Waals surface area contributed by atoms with Crippen LogP contribution in [0.2, 0.25) is 5.02 Å². The summed E-state index contributed by atoms with van der Waals surface area (Å²) in [5.41, 5.74) is 1.18. The second kappa shape index (κ2) is 11.8. The van der Waals surface area contributed by atoms with E-state index in [1.807, 2.05) is 4.90 Å². The van der Waals surface area contributed by atoms with E-state index in [9.17, 15) is 19.5 Å². The topological polar surface area (TPSA) is 102 Å². The van der Waals surface area contributed by atoms with Gasteiger partial charge in [-0.2, -0.15) is 0 Å². The molecule has 182 valence electrons. The van der Waals surface area contributed by atoms with Crippen molar-refractivity contribution in [1.82, 2.24) is 4.90 Å². The first-order valence-corrected chi connectivity index (χ1v) is 11.8. The molecule has 1 fully saturated rings. The van der Waals surface area contributed by atoms with E-state index >= 15 is 0 Å². The number of carboxylic acid groups (broad SMARTS) is 1. The van der Waals surface area contributed by atoms with Crippen LogP contribution in [0.25, 0.3) is 0 Å². The van der Waals surface area contributed by atoms with Crippen molar-refractivity contribution in [2.45, 2.75) is 56.4 Å². The van der Waals surface area contributed by atoms with Crippen LogP contribution in [0, 0.1) is 0 Å². The Kier molecular flexibility index (Phi) is 9.63. The number of benzene rings is 1. The van der Waals surface area contributed by atoms with Crippen LogP contribution in [-0.2, 0) is 23.8 Å². The molecule has 0 aliphatic carbocycles. The number of carboxylic acids is 1. The molecule has 2 rings (SSSR count). The van der Waals surface area contributed by atoms with E-state index in [0.29, 0.717) is 29.1 Å². The molecular weight excluding hydrogens is 470 g/mol. The van der Waals surface area contributed by atoms with E-state index in [0.717, 1.165) is 6.08 Å². The van der Waals surface area contributed by atoms with Gasteiger partial charge in [0.05, 0.1) is 13.2 Å². The number of likely N-dealkylation sites (tertiary alicyclic amines) is 1. The molecule has 0 aromatic heterocycles. The van der Waals surface area contributed by atoms with Crippen LogP contribution in [0.1, 0.15) is 45.7 Å². The zero-order valence-corrected chi connectivity index (χ0v) is 20.9. The highest BCUT2D eigenvalue weighted by atomic mass is 35.5. The quantitative estimate of drug-likeness (QED) is 0.310. The summed E-state index contributed by atoms with van der Waals surface area (Å²) in [6, 6.07) is 6.22. The summed E-state index contributed by atoms with van der Waals surface area (Å²) in [6.07, 6.45) is 0.568. The smallest absolute Gasteiger partial charge is 0.478 e. The van der Waals surface area contributed by atoms with Gasteiger partial charge in [-0.3, -0.25) is 4.90 Å². The molecule has 0 bridgehead atoms. The fourth-order valence-electron chi connectivity index (χ4n) is 3.60. The van der Waals surface area contributed by atoms with Gasteiger partial charge in [0.15, 0.2) is 4.93 Å². The highest BCUT2D eigenvalue weighted by Gasteiger charge is 2.38. The Morgan fingerprint density at radius 3 is 2.52 bits per heavy atom. The van der Waals surface area contributed by atoms with Crippen molar-refractivity contribution in [1.29, 1.82) is 0 Å². The molecule has 1 aliphatic heterocycles. The van der Waals surface area contributed by atoms with Crippen molar-refractivity contribution in [3.63, 3.8) is 0 Å². The number of hydrogen-bond acceptors (Lipinski definition) is 8. The van der Waals surface area contributed by atoms with Gasteiger partial charge in [-0.15, -0.1) is 11.8 Å². The van der Waals surface area contributed by atoms with Crippen LogP contribution in [0.3, 0.4) is 0 Å². The zero-order chi connectivity index (χ0) is 24.8. The van der Waals surface area contributed by atoms with Gasteiger partial charge in [-0.25, -0.2) is 14.4 Å². The maximum Gasteiger partial charge on any atom is 0.509 e. The lowest BCUT2D eigenvalue weighted by Gasteiger charge is -2.40. The summed E-state index contributed by atoms with van der Waals surface area (Å²) in [6.45, 7) is 7.59. The highest BCUT2D eigenvalue weighted by molar-refractivity contribution is 8.01. The molecule has 1 aromatic carbocycles. The third kappa shape index (κ3) is 7.94. The Bertz CT molecular complexity index is 903. The van der Waals surface area contributed by atoms with Gasteiger partial charge in [-0.1, -0.05) is 29.8 Å². The lowest BCUT2D eigenvalue weighted by molar-refractivity contribution is -0.147. The number of carbonyl (C=O) groups excluding carboxylic acids is 2. The number of nitrogens with zero attached hydrogens (tertiary/aromatic N) is 1. The first kappa shape index (κ1) is 27.0. The molecule has 1 aromatic rings. The standard InChI is InChI=1S/C23H30ClNO7S/c1-14(2)31-22(29)32-23(3,4)33-18-10-11-25(13-15(18)12-19(26)27)20(21(28)30-5)16-8-6-7-9-17(16)24/h6-9,12,14,18,20H,10-11,13H2,1-5H3,(H,26,27)/b15-12+/t18?,20-/m0/s1. The minimum absolute atomic E-state index is 0.210. The number of methoxy groups -OCH3 is 1. The van der Waals surface area contributed by atoms with Crippen molar-refractivity contribution in [3.8, 4) is 0 Å². The second-order valence-corrected chi connectivity index (χ2v) is 10.5. The van der Waals surface area contributed by atoms with Gasteiger partial charge in [-0.05, 0) is 51.3 Å². The Morgan fingerprint density at radius 1 is 1.27 bits per heavy atom. The molecule has 0 amide bonds. The van der Waals surface area contributed by atoms with Crippen molar-refractivity contribution < 1.29 is 33.7 Å². The van der Waals surface area contributed by atoms with Crippen LogP contribution in [0.4, 0.5) is 4.79 Å². The van der Waals surface area contributed by atoms with Gasteiger partial charge in [0, 0.05) is 29.4 Å². The van der Waals surface area contributed by atoms with E-state index in [4.69, 9.17) is 25.8 Å². The van der Waals surface area contributed by atoms with Crippen LogP contribution in [0.15, 0.2) is 35.9 Å². The number of piperidine rings is 1. The Balaban J connectivity index is 2.26. The number of ether oxygens (including phenoxy) is 3. The summed E-state index contributed by atoms with van der Waals surface area (Å²) in [4.78, 5) is 37.1. The molecular formula is C23H30ClNO7S. The first-order valence-electron chi connectivity index (χ1n) is 10.5. The summed E-state index contributed by atoms with van der Waals surface area (Å²) < 4.78 is 15.5. The van der Waals surface area contributed by atoms with Gasteiger partial charge in [0.1, 0.15) is 6.04 Å². The molecule has 33 heavy (non-hydrogen) atoms. The van der Waals surface area contributed by atoms with Crippen LogP contribution < -0.4 is 0 Å². The first-order chi connectivity index (χ1) is 15.4. The molecule has 1 aliphatic rings. The van der Waals surface area contributed by atoms with Crippen LogP contribution >= 0.6 is 23.4 Å². The van der Waals surface area contributed by atoms with E-state index < -0.39 is 29.1 Å². The van der Waals surface area contributed by atoms with Crippen molar-refractivity contribution in [2.24, 2.45) is 0 Å². The summed E-state index contributed by atoms with van der Waals surface area (Å²) in [5.74, 6) is -1.58. The van der Waals surface area contributed by atoms with Gasteiger partial charge in [0.2, 0.25) is 0 Å². The Morgan fingerprint density at radius 2 is 1.94 bits per heavy atom. The minimum atomic E-state index is -1.09. The van der Waals surface area contributed by atoms with E-state index in [-0.39, 0.29) is 17.9 Å². The lowest BCUT2D eigenvalue weighted by Crippen LogP contribution is -2.44. The van der Waals surface area contributed by atoms with E-state index in [2.05, 4.69) is 0 Å². The van der Waals surface area contributed by atoms with Gasteiger partial charge >= 0.3 is 18.1 Å². The van der Waals surface area contributed by atoms with Crippen molar-refractivity contribution >= 4 is 41.5 Å². The largest absolute Gasteiger partial charge is 0.509 e. The molecule has 2 atom stereocenters. The molecule has 10 heteroatoms. The molecule has 0 saturated carbocycles. The van der Waals surface area contributed by atoms with Gasteiger partial charge in [0.25, 0.3) is 0 Å². The summed E-state index contributed by atoms with van der Waals surface area (Å²) in [7, 11) is 1.30. The lowest BCUT2D eigenvalue weighted by atomic mass is 9.98. The fraction of sp³-hybridized carbons (Fsp3) is 0.522. The second-order valence-electron chi connectivity index (χ2n) is 8.29. The van der Waals surface area contributed by atoms with Gasteiger partial charge < -0.3 is 19.3 Å². The number of hydrogen-bond donors (Lipinski definition) is 1. The third-order valence-electron chi connectivity index (χ3n) is 4.86. The average Bonchev–Trinajstić information content (AvgIpc) is 2.69. The normalized spacial score (nSPS) is 19.2. The number of halogens is 1. The maximum atomic E-state index is 12.7. The Hall–Kier alpha value is -2.23. The van der Waals surface area contributed by atoms with E-state index in [1.165, 1.54) is 18.9 Å². The van der Waals surface area contributed by atoms with Crippen molar-refractivity contribution in [2.75, 3.05) is 20.2 Å². The monoisotopic (exact) mass is 499 g/mol. The third-order valence-corrected chi connectivity index (χ3v) is 6.68. The molecule has 1 unspecified atom stereocenters. The van der Waals surface area contributed by atoms with E-state index in [1.54, 1.807) is 52.0 Å². The predicted molar refractivity (Wildman–Crippen MR) is 126 cm³/mol. The van der Waals surface area contributed by atoms with Crippen LogP contribution in [-0.4, -0.2) is 64.6 Å². The predicted octanol–water partition coefficient (Wildman–Crippen LogP) is 4.67. The number of aliphatic carboxylic acids is 1. The molecule has 0 radical (unpaired) electrons. The number of thioether (sulfide) groups is 1.